The monoisotopic (exact) mass is 267 g/mol. The van der Waals surface area contributed by atoms with Gasteiger partial charge in [0.1, 0.15) is 0 Å². The second kappa shape index (κ2) is 5.68. The van der Waals surface area contributed by atoms with Crippen molar-refractivity contribution in [1.29, 1.82) is 0 Å². The normalized spacial score (nSPS) is 35.1. The maximum absolute atomic E-state index is 6.18. The first-order valence-corrected chi connectivity index (χ1v) is 8.08. The molecule has 1 unspecified atom stereocenters. The molecule has 2 saturated heterocycles. The van der Waals surface area contributed by atoms with E-state index in [0.717, 1.165) is 19.2 Å². The molecule has 4 nitrogen and oxygen atoms in total. The molecule has 0 amide bonds. The third-order valence-electron chi connectivity index (χ3n) is 5.32. The highest BCUT2D eigenvalue weighted by Gasteiger charge is 2.46. The SMILES string of the molecule is CCOC1CCN(C2(CN)CCN(C3CC3)C2)CC1. The quantitative estimate of drug-likeness (QED) is 0.808. The van der Waals surface area contributed by atoms with E-state index in [4.69, 9.17) is 10.5 Å². The summed E-state index contributed by atoms with van der Waals surface area (Å²) >= 11 is 0. The maximum Gasteiger partial charge on any atom is 0.0599 e. The van der Waals surface area contributed by atoms with Crippen LogP contribution >= 0.6 is 0 Å². The lowest BCUT2D eigenvalue weighted by Crippen LogP contribution is -2.58. The summed E-state index contributed by atoms with van der Waals surface area (Å²) in [5.41, 5.74) is 6.44. The first-order valence-electron chi connectivity index (χ1n) is 8.08. The molecule has 0 aromatic heterocycles. The van der Waals surface area contributed by atoms with Gasteiger partial charge in [-0.15, -0.1) is 0 Å². The summed E-state index contributed by atoms with van der Waals surface area (Å²) < 4.78 is 5.76. The fraction of sp³-hybridized carbons (Fsp3) is 1.00. The van der Waals surface area contributed by atoms with Crippen LogP contribution in [0.15, 0.2) is 0 Å². The third kappa shape index (κ3) is 2.82. The topological polar surface area (TPSA) is 41.7 Å². The van der Waals surface area contributed by atoms with Gasteiger partial charge in [-0.1, -0.05) is 0 Å². The summed E-state index contributed by atoms with van der Waals surface area (Å²) in [5.74, 6) is 0. The van der Waals surface area contributed by atoms with Gasteiger partial charge >= 0.3 is 0 Å². The minimum absolute atomic E-state index is 0.264. The summed E-state index contributed by atoms with van der Waals surface area (Å²) in [6.45, 7) is 8.55. The van der Waals surface area contributed by atoms with Crippen LogP contribution in [0.3, 0.4) is 0 Å². The van der Waals surface area contributed by atoms with Crippen molar-refractivity contribution < 1.29 is 4.74 Å². The molecule has 4 heteroatoms. The van der Waals surface area contributed by atoms with Crippen molar-refractivity contribution in [3.05, 3.63) is 0 Å². The molecule has 0 bridgehead atoms. The van der Waals surface area contributed by atoms with Gasteiger partial charge in [0, 0.05) is 50.9 Å². The summed E-state index contributed by atoms with van der Waals surface area (Å²) in [6, 6.07) is 0.884. The van der Waals surface area contributed by atoms with Crippen molar-refractivity contribution in [2.45, 2.75) is 56.7 Å². The second-order valence-electron chi connectivity index (χ2n) is 6.52. The van der Waals surface area contributed by atoms with Crippen LogP contribution in [0.1, 0.15) is 39.0 Å². The van der Waals surface area contributed by atoms with E-state index in [1.54, 1.807) is 0 Å². The second-order valence-corrected chi connectivity index (χ2v) is 6.52. The Morgan fingerprint density at radius 2 is 1.89 bits per heavy atom. The summed E-state index contributed by atoms with van der Waals surface area (Å²) in [7, 11) is 0. The van der Waals surface area contributed by atoms with Crippen LogP contribution in [-0.4, -0.2) is 66.8 Å². The number of likely N-dealkylation sites (tertiary alicyclic amines) is 2. The minimum Gasteiger partial charge on any atom is -0.378 e. The molecule has 110 valence electrons. The molecular formula is C15H29N3O. The van der Waals surface area contributed by atoms with Crippen LogP contribution in [0, 0.1) is 0 Å². The zero-order valence-electron chi connectivity index (χ0n) is 12.3. The van der Waals surface area contributed by atoms with Crippen LogP contribution in [0.25, 0.3) is 0 Å². The van der Waals surface area contributed by atoms with Crippen LogP contribution in [0.5, 0.6) is 0 Å². The Bertz CT molecular complexity index is 300. The lowest BCUT2D eigenvalue weighted by molar-refractivity contribution is -0.0160. The third-order valence-corrected chi connectivity index (χ3v) is 5.32. The van der Waals surface area contributed by atoms with Crippen molar-refractivity contribution >= 4 is 0 Å². The fourth-order valence-corrected chi connectivity index (χ4v) is 3.93. The average Bonchev–Trinajstić information content (AvgIpc) is 3.20. The summed E-state index contributed by atoms with van der Waals surface area (Å²) in [4.78, 5) is 5.35. The standard InChI is InChI=1S/C15H29N3O/c1-2-19-14-5-8-18(9-6-14)15(11-16)7-10-17(12-15)13-3-4-13/h13-14H,2-12,16H2,1H3. The van der Waals surface area contributed by atoms with E-state index in [0.29, 0.717) is 6.10 Å². The fourth-order valence-electron chi connectivity index (χ4n) is 3.93. The molecule has 2 heterocycles. The van der Waals surface area contributed by atoms with E-state index < -0.39 is 0 Å². The number of nitrogens with two attached hydrogens (primary N) is 1. The predicted octanol–water partition coefficient (Wildman–Crippen LogP) is 1.05. The number of hydrogen-bond acceptors (Lipinski definition) is 4. The van der Waals surface area contributed by atoms with Gasteiger partial charge < -0.3 is 10.5 Å². The van der Waals surface area contributed by atoms with Crippen LogP contribution < -0.4 is 5.73 Å². The van der Waals surface area contributed by atoms with E-state index in [2.05, 4.69) is 16.7 Å². The van der Waals surface area contributed by atoms with E-state index >= 15 is 0 Å². The Labute approximate surface area is 117 Å². The highest BCUT2D eigenvalue weighted by Crippen LogP contribution is 2.36. The van der Waals surface area contributed by atoms with Gasteiger partial charge in [-0.2, -0.15) is 0 Å². The van der Waals surface area contributed by atoms with Gasteiger partial charge in [0.15, 0.2) is 0 Å². The molecule has 3 aliphatic rings. The van der Waals surface area contributed by atoms with Crippen LogP contribution in [0.2, 0.25) is 0 Å². The van der Waals surface area contributed by atoms with Crippen molar-refractivity contribution in [3.63, 3.8) is 0 Å². The predicted molar refractivity (Wildman–Crippen MR) is 77.2 cm³/mol. The van der Waals surface area contributed by atoms with Crippen molar-refractivity contribution in [3.8, 4) is 0 Å². The highest BCUT2D eigenvalue weighted by atomic mass is 16.5. The molecule has 1 aliphatic carbocycles. The minimum atomic E-state index is 0.264. The molecule has 0 aromatic carbocycles. The Balaban J connectivity index is 1.57. The van der Waals surface area contributed by atoms with Gasteiger partial charge in [0.05, 0.1) is 6.10 Å². The Morgan fingerprint density at radius 3 is 2.47 bits per heavy atom. The van der Waals surface area contributed by atoms with E-state index in [1.807, 2.05) is 0 Å². The van der Waals surface area contributed by atoms with Gasteiger partial charge in [0.2, 0.25) is 0 Å². The molecule has 2 N–H and O–H groups in total. The van der Waals surface area contributed by atoms with Crippen molar-refractivity contribution in [1.82, 2.24) is 9.80 Å². The first-order chi connectivity index (χ1) is 9.27. The Morgan fingerprint density at radius 1 is 1.16 bits per heavy atom. The molecule has 0 spiro atoms. The number of piperidine rings is 1. The highest BCUT2D eigenvalue weighted by molar-refractivity contribution is 5.04. The van der Waals surface area contributed by atoms with Crippen molar-refractivity contribution in [2.75, 3.05) is 39.3 Å². The molecule has 3 rings (SSSR count). The molecule has 0 aromatic rings. The molecule has 3 fully saturated rings. The van der Waals surface area contributed by atoms with E-state index in [9.17, 15) is 0 Å². The molecule has 2 aliphatic heterocycles. The molecule has 1 saturated carbocycles. The van der Waals surface area contributed by atoms with E-state index in [1.165, 1.54) is 58.3 Å². The molecule has 1 atom stereocenters. The lowest BCUT2D eigenvalue weighted by atomic mass is 9.92. The van der Waals surface area contributed by atoms with Gasteiger partial charge in [-0.3, -0.25) is 9.80 Å². The zero-order chi connectivity index (χ0) is 13.3. The van der Waals surface area contributed by atoms with Crippen molar-refractivity contribution in [2.24, 2.45) is 5.73 Å². The number of hydrogen-bond donors (Lipinski definition) is 1. The van der Waals surface area contributed by atoms with Crippen LogP contribution in [-0.2, 0) is 4.74 Å². The Kier molecular flexibility index (Phi) is 4.13. The van der Waals surface area contributed by atoms with Gasteiger partial charge in [0.25, 0.3) is 0 Å². The van der Waals surface area contributed by atoms with Gasteiger partial charge in [-0.25, -0.2) is 0 Å². The molecule has 19 heavy (non-hydrogen) atoms. The Hall–Kier alpha value is -0.160. The largest absolute Gasteiger partial charge is 0.378 e. The lowest BCUT2D eigenvalue weighted by Gasteiger charge is -2.44. The smallest absolute Gasteiger partial charge is 0.0599 e. The average molecular weight is 267 g/mol. The maximum atomic E-state index is 6.18. The number of nitrogens with zero attached hydrogens (tertiary/aromatic N) is 2. The molecular weight excluding hydrogens is 238 g/mol. The number of ether oxygens (including phenoxy) is 1. The zero-order valence-corrected chi connectivity index (χ0v) is 12.3. The molecule has 0 radical (unpaired) electrons. The summed E-state index contributed by atoms with van der Waals surface area (Å²) in [5, 5.41) is 0. The first kappa shape index (κ1) is 13.8. The summed E-state index contributed by atoms with van der Waals surface area (Å²) in [6.07, 6.45) is 6.93. The van der Waals surface area contributed by atoms with Crippen LogP contribution in [0.4, 0.5) is 0 Å². The van der Waals surface area contributed by atoms with E-state index in [-0.39, 0.29) is 5.54 Å². The van der Waals surface area contributed by atoms with Gasteiger partial charge in [-0.05, 0) is 39.0 Å². The number of rotatable bonds is 5.